The normalized spacial score (nSPS) is 11.0. The molecular weight excluding hydrogens is 699 g/mol. The Balaban J connectivity index is 0.000000229. The molecule has 0 fully saturated rings. The zero-order valence-electron chi connectivity index (χ0n) is 29.1. The number of para-hydroxylation sites is 2. The average molecular weight is 749 g/mol. The van der Waals surface area contributed by atoms with Crippen molar-refractivity contribution >= 4 is 61.7 Å². The van der Waals surface area contributed by atoms with E-state index >= 15 is 0 Å². The Hall–Kier alpha value is -3.07. The molecule has 0 N–H and O–H groups in total. The fourth-order valence-corrected chi connectivity index (χ4v) is 16.0. The van der Waals surface area contributed by atoms with Gasteiger partial charge >= 0.3 is 17.1 Å². The third-order valence-electron chi connectivity index (χ3n) is 8.58. The van der Waals surface area contributed by atoms with Crippen LogP contribution in [0.25, 0.3) is 5.32 Å². The summed E-state index contributed by atoms with van der Waals surface area (Å²) in [5.74, 6) is 0. The summed E-state index contributed by atoms with van der Waals surface area (Å²) in [4.78, 5) is 0. The molecular formula is C44H50CuNP3+3. The van der Waals surface area contributed by atoms with Crippen LogP contribution in [0.2, 0.25) is 0 Å². The summed E-state index contributed by atoms with van der Waals surface area (Å²) in [5.41, 5.74) is 3.61. The van der Waals surface area contributed by atoms with Crippen molar-refractivity contribution in [3.05, 3.63) is 181 Å². The van der Waals surface area contributed by atoms with Gasteiger partial charge in [-0.2, -0.15) is 0 Å². The van der Waals surface area contributed by atoms with Gasteiger partial charge < -0.3 is 5.32 Å². The van der Waals surface area contributed by atoms with E-state index in [-0.39, 0.29) is 17.1 Å². The zero-order valence-corrected chi connectivity index (χ0v) is 33.0. The predicted octanol–water partition coefficient (Wildman–Crippen LogP) is 10.4. The van der Waals surface area contributed by atoms with E-state index in [1.54, 1.807) is 0 Å². The molecule has 0 unspecified atom stereocenters. The molecule has 0 atom stereocenters. The number of hydrogen-bond acceptors (Lipinski definition) is 0. The first-order valence-corrected chi connectivity index (χ1v) is 22.2. The topological polar surface area (TPSA) is 14.1 Å². The van der Waals surface area contributed by atoms with Crippen molar-refractivity contribution in [2.24, 2.45) is 0 Å². The van der Waals surface area contributed by atoms with Crippen molar-refractivity contribution in [2.45, 2.75) is 39.0 Å². The Bertz CT molecular complexity index is 1580. The van der Waals surface area contributed by atoms with Gasteiger partial charge in [-0.05, 0) is 82.3 Å². The van der Waals surface area contributed by atoms with Gasteiger partial charge in [-0.3, -0.25) is 0 Å². The summed E-state index contributed by atoms with van der Waals surface area (Å²) in [6.07, 6.45) is 2.52. The smallest absolute Gasteiger partial charge is 0.655 e. The summed E-state index contributed by atoms with van der Waals surface area (Å²) < 4.78 is 0. The van der Waals surface area contributed by atoms with Crippen LogP contribution >= 0.6 is 23.8 Å². The summed E-state index contributed by atoms with van der Waals surface area (Å²) in [6.45, 7) is 9.36. The molecule has 0 amide bonds. The van der Waals surface area contributed by atoms with Gasteiger partial charge in [0.15, 0.2) is 0 Å². The summed E-state index contributed by atoms with van der Waals surface area (Å²) in [5, 5.41) is 12.4. The number of benzene rings is 6. The maximum absolute atomic E-state index is 4.85. The molecule has 6 rings (SSSR count). The van der Waals surface area contributed by atoms with E-state index in [2.05, 4.69) is 185 Å². The second-order valence-corrected chi connectivity index (χ2v) is 21.6. The van der Waals surface area contributed by atoms with Crippen LogP contribution in [0, 0.1) is 0 Å². The van der Waals surface area contributed by atoms with E-state index in [0.29, 0.717) is 11.3 Å². The van der Waals surface area contributed by atoms with E-state index in [1.807, 2.05) is 18.2 Å². The quantitative estimate of drug-likeness (QED) is 0.0874. The van der Waals surface area contributed by atoms with Gasteiger partial charge in [-0.15, -0.1) is 5.69 Å². The van der Waals surface area contributed by atoms with Crippen LogP contribution in [0.15, 0.2) is 176 Å². The van der Waals surface area contributed by atoms with Crippen molar-refractivity contribution in [3.8, 4) is 0 Å². The summed E-state index contributed by atoms with van der Waals surface area (Å²) >= 11 is 0. The van der Waals surface area contributed by atoms with Crippen LogP contribution in [0.1, 0.15) is 27.7 Å². The van der Waals surface area contributed by atoms with Gasteiger partial charge in [-0.25, -0.2) is 0 Å². The van der Waals surface area contributed by atoms with Crippen molar-refractivity contribution in [1.29, 1.82) is 0 Å². The fourth-order valence-electron chi connectivity index (χ4n) is 6.46. The zero-order chi connectivity index (χ0) is 33.6. The van der Waals surface area contributed by atoms with Gasteiger partial charge in [0.2, 0.25) is 0 Å². The largest absolute Gasteiger partial charge is 1.00 e. The van der Waals surface area contributed by atoms with Gasteiger partial charge in [0, 0.05) is 7.92 Å². The van der Waals surface area contributed by atoms with Gasteiger partial charge in [0.25, 0.3) is 0 Å². The molecule has 5 heteroatoms. The molecule has 1 nitrogen and oxygen atoms in total. The first-order valence-electron chi connectivity index (χ1n) is 17.2. The van der Waals surface area contributed by atoms with E-state index in [4.69, 9.17) is 5.32 Å². The molecule has 0 saturated carbocycles. The van der Waals surface area contributed by atoms with E-state index in [9.17, 15) is 0 Å². The molecule has 0 aromatic heterocycles. The van der Waals surface area contributed by atoms with Crippen molar-refractivity contribution in [2.75, 3.05) is 12.3 Å². The van der Waals surface area contributed by atoms with E-state index in [1.165, 1.54) is 38.8 Å². The number of rotatable bonds is 12. The molecule has 0 spiro atoms. The van der Waals surface area contributed by atoms with Crippen LogP contribution in [-0.4, -0.2) is 23.6 Å². The molecule has 0 aliphatic carbocycles. The first-order chi connectivity index (χ1) is 23.5. The maximum Gasteiger partial charge on any atom is 1.00 e. The third-order valence-corrected chi connectivity index (χ3v) is 18.2. The average Bonchev–Trinajstić information content (AvgIpc) is 3.13. The Labute approximate surface area is 309 Å². The van der Waals surface area contributed by atoms with Crippen molar-refractivity contribution < 1.29 is 17.1 Å². The van der Waals surface area contributed by atoms with Crippen LogP contribution in [0.5, 0.6) is 0 Å². The van der Waals surface area contributed by atoms with E-state index < -0.39 is 23.8 Å². The van der Waals surface area contributed by atoms with Crippen LogP contribution in [0.4, 0.5) is 11.4 Å². The molecule has 0 radical (unpaired) electrons. The second kappa shape index (κ2) is 20.6. The predicted molar refractivity (Wildman–Crippen MR) is 224 cm³/mol. The Morgan fingerprint density at radius 3 is 1.06 bits per heavy atom. The molecule has 0 heterocycles. The van der Waals surface area contributed by atoms with Crippen molar-refractivity contribution in [1.82, 2.24) is 0 Å². The van der Waals surface area contributed by atoms with Gasteiger partial charge in [-0.1, -0.05) is 127 Å². The van der Waals surface area contributed by atoms with Crippen LogP contribution in [0.3, 0.4) is 0 Å². The summed E-state index contributed by atoms with van der Waals surface area (Å²) in [7, 11) is -2.17. The third kappa shape index (κ3) is 11.5. The fraction of sp³-hybridized carbons (Fsp3) is 0.182. The van der Waals surface area contributed by atoms with Crippen molar-refractivity contribution in [3.63, 3.8) is 0 Å². The SMILES string of the molecule is CC(C)[PH+](c1ccccc1[N-]c1ccccc1)C(C)C.[Cu+].c1ccc([PH+](CC[PH+](c2ccccc2)c2ccccc2)c2ccccc2)cc1. The molecule has 6 aromatic rings. The first kappa shape index (κ1) is 38.7. The van der Waals surface area contributed by atoms with Gasteiger partial charge in [0.1, 0.15) is 12.3 Å². The monoisotopic (exact) mass is 748 g/mol. The van der Waals surface area contributed by atoms with E-state index in [0.717, 1.165) is 11.4 Å². The molecule has 0 bridgehead atoms. The maximum atomic E-state index is 4.85. The Kier molecular flexibility index (Phi) is 16.3. The molecule has 0 aliphatic rings. The second-order valence-electron chi connectivity index (χ2n) is 12.7. The molecule has 49 heavy (non-hydrogen) atoms. The molecule has 0 saturated heterocycles. The minimum Gasteiger partial charge on any atom is -0.655 e. The Morgan fingerprint density at radius 2 is 0.714 bits per heavy atom. The van der Waals surface area contributed by atoms with Gasteiger partial charge in [0.05, 0.1) is 53.7 Å². The minimum absolute atomic E-state index is 0. The molecule has 6 aromatic carbocycles. The van der Waals surface area contributed by atoms with Crippen LogP contribution < -0.4 is 26.5 Å². The minimum atomic E-state index is -0.783. The molecule has 254 valence electrons. The standard InChI is InChI=1S/C26H24P2.C18H23NP.Cu/c1-5-13-23(14-6-1)27(24-15-7-2-8-16-24)21-22-28(25-17-9-3-10-18-25)26-19-11-4-12-20-26;1-14(2)20(15(3)4)18-13-9-8-12-17(18)19-16-10-6-5-7-11-16;/h1-20H,21-22H2;5-15H,1-4H3;/q;-1;+1/p+3. The Morgan fingerprint density at radius 1 is 0.408 bits per heavy atom. The summed E-state index contributed by atoms with van der Waals surface area (Å²) in [6, 6.07) is 63.4. The number of nitrogens with zero attached hydrogens (tertiary/aromatic N) is 1. The molecule has 0 aliphatic heterocycles. The van der Waals surface area contributed by atoms with Crippen LogP contribution in [-0.2, 0) is 17.1 Å². The number of hydrogen-bond donors (Lipinski definition) is 0.